The van der Waals surface area contributed by atoms with E-state index in [4.69, 9.17) is 0 Å². The molecule has 140 valence electrons. The highest BCUT2D eigenvalue weighted by atomic mass is 35.5. The molecule has 9 heteroatoms. The number of benzene rings is 1. The Hall–Kier alpha value is -2.19. The van der Waals surface area contributed by atoms with Crippen molar-refractivity contribution in [1.82, 2.24) is 25.4 Å². The Kier molecular flexibility index (Phi) is 5.43. The Bertz CT molecular complexity index is 838. The monoisotopic (exact) mass is 381 g/mol. The minimum Gasteiger partial charge on any atom is -0.335 e. The first-order valence-corrected chi connectivity index (χ1v) is 8.51. The second kappa shape index (κ2) is 7.59. The Morgan fingerprint density at radius 2 is 2.19 bits per heavy atom. The highest BCUT2D eigenvalue weighted by Crippen LogP contribution is 2.43. The van der Waals surface area contributed by atoms with Crippen LogP contribution in [0.4, 0.5) is 4.39 Å². The first-order chi connectivity index (χ1) is 12.1. The highest BCUT2D eigenvalue weighted by Gasteiger charge is 2.46. The largest absolute Gasteiger partial charge is 0.340 e. The maximum absolute atomic E-state index is 13.7. The Labute approximate surface area is 155 Å². The van der Waals surface area contributed by atoms with Crippen molar-refractivity contribution >= 4 is 18.3 Å². The number of likely N-dealkylation sites (tertiary alicyclic amines) is 1. The Morgan fingerprint density at radius 3 is 2.92 bits per heavy atom. The van der Waals surface area contributed by atoms with Crippen LogP contribution in [0.2, 0.25) is 0 Å². The van der Waals surface area contributed by atoms with Crippen molar-refractivity contribution in [1.29, 1.82) is 0 Å². The van der Waals surface area contributed by atoms with Crippen LogP contribution in [0.1, 0.15) is 23.9 Å². The predicted molar refractivity (Wildman–Crippen MR) is 95.5 cm³/mol. The normalized spacial score (nSPS) is 24.3. The Balaban J connectivity index is 0.00000196. The summed E-state index contributed by atoms with van der Waals surface area (Å²) in [4.78, 5) is 28.3. The van der Waals surface area contributed by atoms with Gasteiger partial charge in [0.2, 0.25) is 5.91 Å². The van der Waals surface area contributed by atoms with Gasteiger partial charge in [-0.1, -0.05) is 12.1 Å². The van der Waals surface area contributed by atoms with Gasteiger partial charge < -0.3 is 10.2 Å². The van der Waals surface area contributed by atoms with E-state index in [2.05, 4.69) is 20.5 Å². The van der Waals surface area contributed by atoms with Crippen LogP contribution in [0.5, 0.6) is 0 Å². The van der Waals surface area contributed by atoms with Crippen LogP contribution in [0.15, 0.2) is 29.1 Å². The second-order valence-electron chi connectivity index (χ2n) is 6.75. The average Bonchev–Trinajstić information content (AvgIpc) is 3.27. The fraction of sp³-hybridized carbons (Fsp3) is 0.471. The molecular formula is C17H21ClFN5O2. The summed E-state index contributed by atoms with van der Waals surface area (Å²) in [7, 11) is 0. The van der Waals surface area contributed by atoms with Gasteiger partial charge in [-0.2, -0.15) is 5.10 Å². The summed E-state index contributed by atoms with van der Waals surface area (Å²) in [6.45, 7) is 2.39. The molecular weight excluding hydrogens is 361 g/mol. The van der Waals surface area contributed by atoms with Crippen molar-refractivity contribution in [2.45, 2.75) is 18.9 Å². The van der Waals surface area contributed by atoms with E-state index in [9.17, 15) is 14.0 Å². The molecule has 26 heavy (non-hydrogen) atoms. The molecule has 2 aliphatic heterocycles. The standard InChI is InChI=1S/C17H20FN5O2.ClH/c18-12-3-1-2-10(6-12)16-13-8-19-7-11(13)9-23(16)15(24)5-4-14-20-17(25)22-21-14;/h1-3,6,11,13,16,19H,4-5,7-9H2,(H2,20,21,22,25);1H/t11-,13-,16+;/m0./s1. The minimum atomic E-state index is -0.373. The number of aryl methyl sites for hydroxylation is 1. The molecule has 3 heterocycles. The predicted octanol–water partition coefficient (Wildman–Crippen LogP) is 1.01. The van der Waals surface area contributed by atoms with Gasteiger partial charge in [0.15, 0.2) is 0 Å². The third-order valence-corrected chi connectivity index (χ3v) is 5.20. The first-order valence-electron chi connectivity index (χ1n) is 8.51. The number of nitrogens with zero attached hydrogens (tertiary/aromatic N) is 2. The number of carbonyl (C=O) groups is 1. The molecule has 0 radical (unpaired) electrons. The molecule has 0 saturated carbocycles. The molecule has 4 rings (SSSR count). The first kappa shape index (κ1) is 18.6. The number of fused-ring (bicyclic) bond motifs is 1. The summed E-state index contributed by atoms with van der Waals surface area (Å²) < 4.78 is 13.7. The van der Waals surface area contributed by atoms with Crippen LogP contribution in [0, 0.1) is 17.7 Å². The fourth-order valence-corrected chi connectivity index (χ4v) is 4.09. The summed E-state index contributed by atoms with van der Waals surface area (Å²) in [5.41, 5.74) is 0.472. The van der Waals surface area contributed by atoms with Crippen LogP contribution in [0.3, 0.4) is 0 Å². The molecule has 0 bridgehead atoms. The molecule has 0 aliphatic carbocycles. The summed E-state index contributed by atoms with van der Waals surface area (Å²) in [6.07, 6.45) is 0.636. The third-order valence-electron chi connectivity index (χ3n) is 5.20. The highest BCUT2D eigenvalue weighted by molar-refractivity contribution is 5.85. The van der Waals surface area contributed by atoms with Crippen molar-refractivity contribution in [3.8, 4) is 0 Å². The number of halogens is 2. The lowest BCUT2D eigenvalue weighted by molar-refractivity contribution is -0.132. The Morgan fingerprint density at radius 1 is 1.35 bits per heavy atom. The fourth-order valence-electron chi connectivity index (χ4n) is 4.09. The van der Waals surface area contributed by atoms with E-state index < -0.39 is 0 Å². The lowest BCUT2D eigenvalue weighted by atomic mass is 9.89. The second-order valence-corrected chi connectivity index (χ2v) is 6.75. The molecule has 2 aliphatic rings. The summed E-state index contributed by atoms with van der Waals surface area (Å²) in [5, 5.41) is 9.51. The van der Waals surface area contributed by atoms with E-state index in [1.54, 1.807) is 6.07 Å². The molecule has 2 aromatic rings. The number of aromatic nitrogens is 3. The van der Waals surface area contributed by atoms with Crippen LogP contribution >= 0.6 is 12.4 Å². The number of carbonyl (C=O) groups excluding carboxylic acids is 1. The van der Waals surface area contributed by atoms with Crippen LogP contribution in [-0.4, -0.2) is 45.6 Å². The van der Waals surface area contributed by atoms with Crippen LogP contribution < -0.4 is 11.0 Å². The van der Waals surface area contributed by atoms with Crippen molar-refractivity contribution in [2.75, 3.05) is 19.6 Å². The quantitative estimate of drug-likeness (QED) is 0.736. The number of hydrogen-bond donors (Lipinski definition) is 3. The zero-order chi connectivity index (χ0) is 17.4. The van der Waals surface area contributed by atoms with Gasteiger partial charge >= 0.3 is 5.69 Å². The van der Waals surface area contributed by atoms with Gasteiger partial charge in [-0.25, -0.2) is 14.3 Å². The van der Waals surface area contributed by atoms with Crippen molar-refractivity contribution in [2.24, 2.45) is 11.8 Å². The molecule has 2 fully saturated rings. The van der Waals surface area contributed by atoms with Crippen LogP contribution in [0.25, 0.3) is 0 Å². The lowest BCUT2D eigenvalue weighted by Crippen LogP contribution is -2.35. The SMILES string of the molecule is Cl.O=C(CCc1n[nH]c(=O)[nH]1)N1C[C@@H]2CNC[C@@H]2[C@H]1c1cccc(F)c1. The number of amides is 1. The molecule has 2 saturated heterocycles. The lowest BCUT2D eigenvalue weighted by Gasteiger charge is -2.28. The smallest absolute Gasteiger partial charge is 0.335 e. The zero-order valence-corrected chi connectivity index (χ0v) is 14.9. The molecule has 1 aromatic carbocycles. The van der Waals surface area contributed by atoms with Crippen LogP contribution in [-0.2, 0) is 11.2 Å². The molecule has 7 nitrogen and oxygen atoms in total. The van der Waals surface area contributed by atoms with Gasteiger partial charge in [0.25, 0.3) is 0 Å². The van der Waals surface area contributed by atoms with E-state index in [0.717, 1.165) is 18.7 Å². The van der Waals surface area contributed by atoms with Gasteiger partial charge in [-0.3, -0.25) is 9.78 Å². The van der Waals surface area contributed by atoms with E-state index in [1.165, 1.54) is 12.1 Å². The van der Waals surface area contributed by atoms with Gasteiger partial charge in [0.05, 0.1) is 6.04 Å². The number of aromatic amines is 2. The summed E-state index contributed by atoms with van der Waals surface area (Å²) in [5.74, 6) is 0.890. The van der Waals surface area contributed by atoms with Crippen molar-refractivity contribution in [3.63, 3.8) is 0 Å². The molecule has 0 spiro atoms. The number of hydrogen-bond acceptors (Lipinski definition) is 4. The maximum Gasteiger partial charge on any atom is 0.340 e. The average molecular weight is 382 g/mol. The third kappa shape index (κ3) is 3.52. The molecule has 3 N–H and O–H groups in total. The van der Waals surface area contributed by atoms with E-state index >= 15 is 0 Å². The maximum atomic E-state index is 13.7. The van der Waals surface area contributed by atoms with Gasteiger partial charge in [-0.15, -0.1) is 12.4 Å². The molecule has 1 aromatic heterocycles. The number of H-pyrrole nitrogens is 2. The van der Waals surface area contributed by atoms with E-state index in [1.807, 2.05) is 11.0 Å². The number of rotatable bonds is 4. The van der Waals surface area contributed by atoms with Crippen molar-refractivity contribution < 1.29 is 9.18 Å². The van der Waals surface area contributed by atoms with Gasteiger partial charge in [0, 0.05) is 38.4 Å². The van der Waals surface area contributed by atoms with E-state index in [-0.39, 0.29) is 42.3 Å². The van der Waals surface area contributed by atoms with Crippen molar-refractivity contribution in [3.05, 3.63) is 52.0 Å². The molecule has 3 atom stereocenters. The zero-order valence-electron chi connectivity index (χ0n) is 14.1. The summed E-state index contributed by atoms with van der Waals surface area (Å²) in [6, 6.07) is 6.42. The van der Waals surface area contributed by atoms with E-state index in [0.29, 0.717) is 30.6 Å². The summed E-state index contributed by atoms with van der Waals surface area (Å²) >= 11 is 0. The number of nitrogens with one attached hydrogen (secondary N) is 3. The topological polar surface area (TPSA) is 93.9 Å². The molecule has 0 unspecified atom stereocenters. The minimum absolute atomic E-state index is 0. The molecule has 1 amide bonds. The van der Waals surface area contributed by atoms with Gasteiger partial charge in [-0.05, 0) is 23.6 Å². The van der Waals surface area contributed by atoms with Gasteiger partial charge in [0.1, 0.15) is 11.6 Å².